The molecule has 0 bridgehead atoms. The van der Waals surface area contributed by atoms with Crippen molar-refractivity contribution >= 4 is 0 Å². The average molecular weight is 807 g/mol. The van der Waals surface area contributed by atoms with Crippen molar-refractivity contribution in [2.75, 3.05) is 0 Å². The van der Waals surface area contributed by atoms with Gasteiger partial charge in [-0.25, -0.2) is 0 Å². The van der Waals surface area contributed by atoms with Crippen LogP contribution in [0.3, 0.4) is 0 Å². The molecule has 0 aromatic rings. The van der Waals surface area contributed by atoms with E-state index in [2.05, 4.69) is 27.0 Å². The van der Waals surface area contributed by atoms with Gasteiger partial charge in [-0.1, -0.05) is 245 Å². The monoisotopic (exact) mass is 807 g/mol. The van der Waals surface area contributed by atoms with Gasteiger partial charge in [0, 0.05) is 5.41 Å². The lowest BCUT2D eigenvalue weighted by molar-refractivity contribution is -0.233. The molecule has 0 heterocycles. The smallest absolute Gasteiger partial charge is 0.136 e. The Labute approximate surface area is 353 Å². The van der Waals surface area contributed by atoms with Crippen molar-refractivity contribution in [3.8, 4) is 0 Å². The molecule has 0 aromatic heterocycles. The summed E-state index contributed by atoms with van der Waals surface area (Å²) >= 11 is 0. The molecule has 0 aliphatic heterocycles. The van der Waals surface area contributed by atoms with Crippen molar-refractivity contribution in [2.45, 2.75) is 293 Å². The standard InChI is InChI=1S/C51H98O6/c1-7-11-13-15-17-19-21-23-25-27-29-31-33-35-37-39-41-45(52)48(54,43-9-3)50(56)47(5,6)51(50,57)49(55,44-10-4)46(53)42-40-38-36-34-32-30-28-26-24-22-20-18-16-14-12-8-2/h9-10,45-46,52-57H,3-4,7-8,11-44H2,1-2,5-6H3/t45?,46?,48-,49-,50-,51-/m1/s1. The van der Waals surface area contributed by atoms with Crippen molar-refractivity contribution in [1.29, 1.82) is 0 Å². The molecular weight excluding hydrogens is 709 g/mol. The van der Waals surface area contributed by atoms with Gasteiger partial charge in [-0.05, 0) is 25.7 Å². The molecule has 6 heteroatoms. The molecule has 6 nitrogen and oxygen atoms in total. The minimum atomic E-state index is -2.30. The SMILES string of the molecule is C=CC[C@@](O)(C(O)CCCCCCCCCCCCCCCCCC)[C@]1(O)C(C)(C)[C@@]1(O)[C@@](O)(CC=C)C(O)CCCCCCCCCCCCCCCCCC. The Balaban J connectivity index is 2.53. The Kier molecular flexibility index (Phi) is 28.8. The number of aliphatic hydroxyl groups excluding tert-OH is 2. The third-order valence-corrected chi connectivity index (χ3v) is 14.2. The van der Waals surface area contributed by atoms with Crippen molar-refractivity contribution < 1.29 is 30.6 Å². The lowest BCUT2D eigenvalue weighted by Gasteiger charge is -2.44. The van der Waals surface area contributed by atoms with Crippen LogP contribution in [-0.2, 0) is 0 Å². The molecule has 0 amide bonds. The first kappa shape index (κ1) is 54.3. The first-order valence-electron chi connectivity index (χ1n) is 24.8. The maximum Gasteiger partial charge on any atom is 0.136 e. The van der Waals surface area contributed by atoms with Crippen LogP contribution in [0.2, 0.25) is 0 Å². The van der Waals surface area contributed by atoms with Crippen LogP contribution in [0, 0.1) is 5.41 Å². The van der Waals surface area contributed by atoms with Gasteiger partial charge in [0.1, 0.15) is 22.4 Å². The number of rotatable bonds is 42. The summed E-state index contributed by atoms with van der Waals surface area (Å²) in [7, 11) is 0. The third-order valence-electron chi connectivity index (χ3n) is 14.2. The van der Waals surface area contributed by atoms with E-state index in [4.69, 9.17) is 0 Å². The van der Waals surface area contributed by atoms with Crippen LogP contribution < -0.4 is 0 Å². The van der Waals surface area contributed by atoms with E-state index in [0.717, 1.165) is 38.5 Å². The van der Waals surface area contributed by atoms with Crippen LogP contribution in [0.4, 0.5) is 0 Å². The Morgan fingerprint density at radius 3 is 0.789 bits per heavy atom. The molecule has 0 radical (unpaired) electrons. The van der Waals surface area contributed by atoms with Gasteiger partial charge >= 0.3 is 0 Å². The fourth-order valence-corrected chi connectivity index (χ4v) is 10.3. The number of unbranched alkanes of at least 4 members (excludes halogenated alkanes) is 30. The van der Waals surface area contributed by atoms with E-state index in [-0.39, 0.29) is 25.7 Å². The summed E-state index contributed by atoms with van der Waals surface area (Å²) in [6.07, 6.45) is 40.0. The molecule has 1 rings (SSSR count). The Hall–Kier alpha value is -0.760. The summed E-state index contributed by atoms with van der Waals surface area (Å²) in [6, 6.07) is 0. The van der Waals surface area contributed by atoms with Gasteiger partial charge in [0.05, 0.1) is 12.2 Å². The largest absolute Gasteiger partial charge is 0.390 e. The van der Waals surface area contributed by atoms with E-state index < -0.39 is 40.0 Å². The fourth-order valence-electron chi connectivity index (χ4n) is 10.3. The van der Waals surface area contributed by atoms with Gasteiger partial charge in [0.25, 0.3) is 0 Å². The van der Waals surface area contributed by atoms with Crippen molar-refractivity contribution in [3.05, 3.63) is 25.3 Å². The van der Waals surface area contributed by atoms with Gasteiger partial charge in [-0.3, -0.25) is 0 Å². The van der Waals surface area contributed by atoms with Crippen molar-refractivity contribution in [3.63, 3.8) is 0 Å². The number of aliphatic hydroxyl groups is 6. The van der Waals surface area contributed by atoms with E-state index in [0.29, 0.717) is 12.8 Å². The predicted molar refractivity (Wildman–Crippen MR) is 244 cm³/mol. The van der Waals surface area contributed by atoms with Gasteiger partial charge < -0.3 is 30.6 Å². The second-order valence-corrected chi connectivity index (χ2v) is 19.1. The zero-order chi connectivity index (χ0) is 42.5. The van der Waals surface area contributed by atoms with Crippen molar-refractivity contribution in [2.24, 2.45) is 5.41 Å². The average Bonchev–Trinajstić information content (AvgIpc) is 3.57. The summed E-state index contributed by atoms with van der Waals surface area (Å²) in [4.78, 5) is 0. The van der Waals surface area contributed by atoms with Crippen LogP contribution in [0.1, 0.15) is 259 Å². The topological polar surface area (TPSA) is 121 Å². The minimum Gasteiger partial charge on any atom is -0.390 e. The molecule has 2 unspecified atom stereocenters. The third kappa shape index (κ3) is 16.2. The minimum absolute atomic E-state index is 0.172. The highest BCUT2D eigenvalue weighted by Crippen LogP contribution is 2.75. The summed E-state index contributed by atoms with van der Waals surface area (Å²) in [5, 5.41) is 72.0. The molecule has 0 saturated heterocycles. The van der Waals surface area contributed by atoms with E-state index >= 15 is 0 Å². The van der Waals surface area contributed by atoms with Crippen LogP contribution in [0.25, 0.3) is 0 Å². The zero-order valence-corrected chi connectivity index (χ0v) is 38.4. The van der Waals surface area contributed by atoms with Gasteiger partial charge in [-0.2, -0.15) is 0 Å². The second kappa shape index (κ2) is 30.3. The molecule has 6 atom stereocenters. The molecule has 0 spiro atoms. The first-order valence-corrected chi connectivity index (χ1v) is 24.8. The van der Waals surface area contributed by atoms with E-state index in [9.17, 15) is 30.6 Å². The van der Waals surface area contributed by atoms with Crippen LogP contribution in [0.5, 0.6) is 0 Å². The molecule has 1 aliphatic rings. The Morgan fingerprint density at radius 2 is 0.596 bits per heavy atom. The normalized spacial score (nSPS) is 22.1. The van der Waals surface area contributed by atoms with E-state index in [1.165, 1.54) is 166 Å². The number of hydrogen-bond donors (Lipinski definition) is 6. The highest BCUT2D eigenvalue weighted by atomic mass is 16.5. The lowest BCUT2D eigenvalue weighted by atomic mass is 9.74. The molecule has 57 heavy (non-hydrogen) atoms. The quantitative estimate of drug-likeness (QED) is 0.0270. The van der Waals surface area contributed by atoms with Gasteiger partial charge in [-0.15, -0.1) is 13.2 Å². The van der Waals surface area contributed by atoms with Gasteiger partial charge in [0.2, 0.25) is 0 Å². The highest BCUT2D eigenvalue weighted by molar-refractivity contribution is 5.45. The van der Waals surface area contributed by atoms with E-state index in [1.807, 2.05) is 0 Å². The Bertz CT molecular complexity index is 924. The summed E-state index contributed by atoms with van der Waals surface area (Å²) < 4.78 is 0. The van der Waals surface area contributed by atoms with E-state index in [1.54, 1.807) is 13.8 Å². The summed E-state index contributed by atoms with van der Waals surface area (Å²) in [5.74, 6) is 0. The molecule has 6 N–H and O–H groups in total. The first-order chi connectivity index (χ1) is 27.3. The van der Waals surface area contributed by atoms with Gasteiger partial charge in [0.15, 0.2) is 0 Å². The van der Waals surface area contributed by atoms with Crippen LogP contribution in [-0.4, -0.2) is 65.3 Å². The fraction of sp³-hybridized carbons (Fsp3) is 0.922. The Morgan fingerprint density at radius 1 is 0.404 bits per heavy atom. The molecule has 1 fully saturated rings. The summed E-state index contributed by atoms with van der Waals surface area (Å²) in [5.41, 5.74) is -10.4. The summed E-state index contributed by atoms with van der Waals surface area (Å²) in [6.45, 7) is 15.3. The maximum atomic E-state index is 12.3. The predicted octanol–water partition coefficient (Wildman–Crippen LogP) is 13.1. The lowest BCUT2D eigenvalue weighted by Crippen LogP contribution is -2.65. The molecule has 338 valence electrons. The van der Waals surface area contributed by atoms with Crippen LogP contribution >= 0.6 is 0 Å². The molecule has 1 aliphatic carbocycles. The number of hydrogen-bond acceptors (Lipinski definition) is 6. The maximum absolute atomic E-state index is 12.3. The second-order valence-electron chi connectivity index (χ2n) is 19.1. The molecule has 0 aromatic carbocycles. The molecule has 1 saturated carbocycles. The highest BCUT2D eigenvalue weighted by Gasteiger charge is 2.95. The zero-order valence-electron chi connectivity index (χ0n) is 38.4. The van der Waals surface area contributed by atoms with Crippen molar-refractivity contribution in [1.82, 2.24) is 0 Å². The molecular formula is C51H98O6. The van der Waals surface area contributed by atoms with Crippen LogP contribution in [0.15, 0.2) is 25.3 Å².